The normalized spacial score (nSPS) is 11.2. The van der Waals surface area contributed by atoms with Gasteiger partial charge in [0, 0.05) is 24.4 Å². The molecule has 2 aromatic rings. The summed E-state index contributed by atoms with van der Waals surface area (Å²) in [5.74, 6) is 1.81. The molecule has 2 aromatic heterocycles. The molecule has 4 nitrogen and oxygen atoms in total. The average Bonchev–Trinajstić information content (AvgIpc) is 2.90. The van der Waals surface area contributed by atoms with Gasteiger partial charge in [0.15, 0.2) is 0 Å². The molecule has 0 unspecified atom stereocenters. The van der Waals surface area contributed by atoms with Gasteiger partial charge in [-0.05, 0) is 24.3 Å². The first-order valence-corrected chi connectivity index (χ1v) is 7.02. The van der Waals surface area contributed by atoms with Crippen molar-refractivity contribution in [1.29, 1.82) is 0 Å². The molecule has 0 atom stereocenters. The smallest absolute Gasteiger partial charge is 0.129 e. The van der Waals surface area contributed by atoms with E-state index in [1.54, 1.807) is 6.20 Å². The summed E-state index contributed by atoms with van der Waals surface area (Å²) in [7, 11) is 0. The summed E-state index contributed by atoms with van der Waals surface area (Å²) in [6.45, 7) is 6.15. The van der Waals surface area contributed by atoms with Crippen molar-refractivity contribution in [2.45, 2.75) is 39.5 Å². The monoisotopic (exact) mass is 274 g/mol. The van der Waals surface area contributed by atoms with E-state index in [0.717, 1.165) is 30.2 Å². The summed E-state index contributed by atoms with van der Waals surface area (Å²) in [6.07, 6.45) is 2.62. The molecule has 4 heteroatoms. The van der Waals surface area contributed by atoms with Crippen LogP contribution < -0.4 is 5.32 Å². The van der Waals surface area contributed by atoms with E-state index < -0.39 is 0 Å². The van der Waals surface area contributed by atoms with Gasteiger partial charge in [0.2, 0.25) is 0 Å². The molecule has 0 saturated heterocycles. The van der Waals surface area contributed by atoms with Crippen LogP contribution in [0.5, 0.6) is 0 Å². The third-order valence-electron chi connectivity index (χ3n) is 2.87. The highest BCUT2D eigenvalue weighted by Gasteiger charge is 2.03. The van der Waals surface area contributed by atoms with Crippen LogP contribution in [-0.2, 0) is 24.3 Å². The largest absolute Gasteiger partial charge is 0.462 e. The van der Waals surface area contributed by atoms with E-state index in [-0.39, 0.29) is 0 Å². The Labute approximate surface area is 120 Å². The summed E-state index contributed by atoms with van der Waals surface area (Å²) >= 11 is 0. The molecule has 0 bridgehead atoms. The molecule has 0 aliphatic rings. The van der Waals surface area contributed by atoms with Gasteiger partial charge in [-0.2, -0.15) is 0 Å². The fraction of sp³-hybridized carbons (Fsp3) is 0.438. The summed E-state index contributed by atoms with van der Waals surface area (Å²) in [5, 5.41) is 3.32. The SMILES string of the molecule is CC(C)NCc1ccc(COCCc2ccccn2)o1. The fourth-order valence-corrected chi connectivity index (χ4v) is 1.80. The van der Waals surface area contributed by atoms with Crippen molar-refractivity contribution in [1.82, 2.24) is 10.3 Å². The summed E-state index contributed by atoms with van der Waals surface area (Å²) in [4.78, 5) is 4.26. The van der Waals surface area contributed by atoms with E-state index in [4.69, 9.17) is 9.15 Å². The Hall–Kier alpha value is -1.65. The predicted octanol–water partition coefficient (Wildman–Crippen LogP) is 2.93. The lowest BCUT2D eigenvalue weighted by Gasteiger charge is -2.05. The Morgan fingerprint density at radius 3 is 2.80 bits per heavy atom. The number of nitrogens with zero attached hydrogens (tertiary/aromatic N) is 1. The zero-order valence-electron chi connectivity index (χ0n) is 12.1. The molecule has 2 rings (SSSR count). The van der Waals surface area contributed by atoms with E-state index in [1.165, 1.54) is 0 Å². The molecule has 0 saturated carbocycles. The number of aromatic nitrogens is 1. The number of ether oxygens (including phenoxy) is 1. The van der Waals surface area contributed by atoms with Crippen LogP contribution in [0.25, 0.3) is 0 Å². The number of rotatable bonds is 8. The van der Waals surface area contributed by atoms with Gasteiger partial charge >= 0.3 is 0 Å². The number of furan rings is 1. The molecule has 108 valence electrons. The van der Waals surface area contributed by atoms with Gasteiger partial charge in [0.1, 0.15) is 18.1 Å². The second kappa shape index (κ2) is 7.82. The van der Waals surface area contributed by atoms with Crippen molar-refractivity contribution in [2.75, 3.05) is 6.61 Å². The first-order chi connectivity index (χ1) is 9.74. The van der Waals surface area contributed by atoms with Gasteiger partial charge in [-0.15, -0.1) is 0 Å². The molecule has 0 spiro atoms. The summed E-state index contributed by atoms with van der Waals surface area (Å²) in [6, 6.07) is 10.3. The highest BCUT2D eigenvalue weighted by atomic mass is 16.5. The van der Waals surface area contributed by atoms with Gasteiger partial charge in [-0.3, -0.25) is 4.98 Å². The maximum absolute atomic E-state index is 5.68. The van der Waals surface area contributed by atoms with Crippen molar-refractivity contribution in [3.8, 4) is 0 Å². The van der Waals surface area contributed by atoms with Crippen molar-refractivity contribution in [3.05, 3.63) is 53.7 Å². The van der Waals surface area contributed by atoms with Crippen molar-refractivity contribution < 1.29 is 9.15 Å². The lowest BCUT2D eigenvalue weighted by Crippen LogP contribution is -2.21. The standard InChI is InChI=1S/C16H22N2O2/c1-13(2)18-11-15-6-7-16(20-15)12-19-10-8-14-5-3-4-9-17-14/h3-7,9,13,18H,8,10-12H2,1-2H3. The third kappa shape index (κ3) is 5.15. The Kier molecular flexibility index (Phi) is 5.77. The lowest BCUT2D eigenvalue weighted by molar-refractivity contribution is 0.107. The van der Waals surface area contributed by atoms with Gasteiger partial charge in [-0.1, -0.05) is 19.9 Å². The average molecular weight is 274 g/mol. The van der Waals surface area contributed by atoms with Crippen LogP contribution in [0, 0.1) is 0 Å². The van der Waals surface area contributed by atoms with Crippen LogP contribution in [0.3, 0.4) is 0 Å². The highest BCUT2D eigenvalue weighted by Crippen LogP contribution is 2.09. The van der Waals surface area contributed by atoms with Gasteiger partial charge in [0.05, 0.1) is 13.2 Å². The van der Waals surface area contributed by atoms with Gasteiger partial charge < -0.3 is 14.5 Å². The van der Waals surface area contributed by atoms with Crippen LogP contribution in [-0.4, -0.2) is 17.6 Å². The molecule has 2 heterocycles. The van der Waals surface area contributed by atoms with Gasteiger partial charge in [-0.25, -0.2) is 0 Å². The minimum atomic E-state index is 0.457. The molecule has 0 amide bonds. The van der Waals surface area contributed by atoms with E-state index in [9.17, 15) is 0 Å². The lowest BCUT2D eigenvalue weighted by atomic mass is 10.3. The second-order valence-corrected chi connectivity index (χ2v) is 5.03. The predicted molar refractivity (Wildman–Crippen MR) is 78.3 cm³/mol. The third-order valence-corrected chi connectivity index (χ3v) is 2.87. The zero-order valence-corrected chi connectivity index (χ0v) is 12.1. The Morgan fingerprint density at radius 2 is 2.05 bits per heavy atom. The first kappa shape index (κ1) is 14.8. The molecular weight excluding hydrogens is 252 g/mol. The van der Waals surface area contributed by atoms with Crippen LogP contribution in [0.1, 0.15) is 31.1 Å². The summed E-state index contributed by atoms with van der Waals surface area (Å²) < 4.78 is 11.3. The molecule has 0 aromatic carbocycles. The maximum Gasteiger partial charge on any atom is 0.129 e. The molecule has 0 aliphatic heterocycles. The number of nitrogens with one attached hydrogen (secondary N) is 1. The van der Waals surface area contributed by atoms with Crippen LogP contribution in [0.4, 0.5) is 0 Å². The fourth-order valence-electron chi connectivity index (χ4n) is 1.80. The van der Waals surface area contributed by atoms with E-state index in [0.29, 0.717) is 19.3 Å². The maximum atomic E-state index is 5.68. The second-order valence-electron chi connectivity index (χ2n) is 5.03. The van der Waals surface area contributed by atoms with E-state index >= 15 is 0 Å². The van der Waals surface area contributed by atoms with Crippen LogP contribution >= 0.6 is 0 Å². The summed E-state index contributed by atoms with van der Waals surface area (Å²) in [5.41, 5.74) is 1.05. The molecule has 1 N–H and O–H groups in total. The zero-order chi connectivity index (χ0) is 14.2. The Balaban J connectivity index is 1.67. The number of pyridine rings is 1. The van der Waals surface area contributed by atoms with Crippen molar-refractivity contribution >= 4 is 0 Å². The molecular formula is C16H22N2O2. The highest BCUT2D eigenvalue weighted by molar-refractivity contribution is 5.06. The van der Waals surface area contributed by atoms with Crippen LogP contribution in [0.15, 0.2) is 40.9 Å². The topological polar surface area (TPSA) is 47.3 Å². The number of hydrogen-bond donors (Lipinski definition) is 1. The quantitative estimate of drug-likeness (QED) is 0.752. The molecule has 0 aliphatic carbocycles. The molecule has 0 radical (unpaired) electrons. The molecule has 0 fully saturated rings. The van der Waals surface area contributed by atoms with Gasteiger partial charge in [0.25, 0.3) is 0 Å². The van der Waals surface area contributed by atoms with E-state index in [1.807, 2.05) is 30.3 Å². The molecule has 20 heavy (non-hydrogen) atoms. The van der Waals surface area contributed by atoms with Crippen molar-refractivity contribution in [3.63, 3.8) is 0 Å². The number of hydrogen-bond acceptors (Lipinski definition) is 4. The Bertz CT molecular complexity index is 494. The minimum Gasteiger partial charge on any atom is -0.462 e. The van der Waals surface area contributed by atoms with Crippen LogP contribution in [0.2, 0.25) is 0 Å². The van der Waals surface area contributed by atoms with Crippen molar-refractivity contribution in [2.24, 2.45) is 0 Å². The minimum absolute atomic E-state index is 0.457. The van der Waals surface area contributed by atoms with E-state index in [2.05, 4.69) is 24.1 Å². The first-order valence-electron chi connectivity index (χ1n) is 7.02. The Morgan fingerprint density at radius 1 is 1.20 bits per heavy atom.